The second kappa shape index (κ2) is 5.80. The minimum atomic E-state index is -0.914. The fourth-order valence-corrected chi connectivity index (χ4v) is 3.47. The Hall–Kier alpha value is -0.940. The summed E-state index contributed by atoms with van der Waals surface area (Å²) in [6, 6.07) is 1.65. The molecule has 100 valence electrons. The third-order valence-electron chi connectivity index (χ3n) is 3.26. The van der Waals surface area contributed by atoms with Gasteiger partial charge in [0.2, 0.25) is 0 Å². The molecule has 1 aliphatic heterocycles. The van der Waals surface area contributed by atoms with Gasteiger partial charge in [-0.2, -0.15) is 11.8 Å². The summed E-state index contributed by atoms with van der Waals surface area (Å²) in [5, 5.41) is 9.68. The summed E-state index contributed by atoms with van der Waals surface area (Å²) in [5.41, 5.74) is 0.281. The van der Waals surface area contributed by atoms with E-state index in [1.54, 1.807) is 13.0 Å². The Morgan fingerprint density at radius 2 is 2.44 bits per heavy atom. The largest absolute Gasteiger partial charge is 0.478 e. The van der Waals surface area contributed by atoms with E-state index in [0.29, 0.717) is 17.6 Å². The maximum absolute atomic E-state index is 10.9. The Labute approximate surface area is 111 Å². The van der Waals surface area contributed by atoms with Crippen molar-refractivity contribution in [2.24, 2.45) is 0 Å². The summed E-state index contributed by atoms with van der Waals surface area (Å²) in [4.78, 5) is 13.3. The first-order valence-electron chi connectivity index (χ1n) is 6.26. The van der Waals surface area contributed by atoms with Gasteiger partial charge in [0.15, 0.2) is 0 Å². The van der Waals surface area contributed by atoms with Crippen molar-refractivity contribution in [1.29, 1.82) is 0 Å². The van der Waals surface area contributed by atoms with Crippen LogP contribution in [0.3, 0.4) is 0 Å². The number of carbonyl (C=O) groups is 1. The molecule has 1 aromatic rings. The van der Waals surface area contributed by atoms with Gasteiger partial charge in [-0.15, -0.1) is 0 Å². The third-order valence-corrected chi connectivity index (χ3v) is 4.63. The average Bonchev–Trinajstić information content (AvgIpc) is 2.70. The molecular weight excluding hydrogens is 250 g/mol. The van der Waals surface area contributed by atoms with Gasteiger partial charge in [-0.25, -0.2) is 4.79 Å². The van der Waals surface area contributed by atoms with Crippen LogP contribution in [-0.2, 0) is 6.54 Å². The Morgan fingerprint density at radius 1 is 1.67 bits per heavy atom. The molecule has 0 amide bonds. The summed E-state index contributed by atoms with van der Waals surface area (Å²) in [6.07, 6.45) is 1.18. The minimum absolute atomic E-state index is 0.281. The molecule has 0 saturated carbocycles. The smallest absolute Gasteiger partial charge is 0.339 e. The predicted octanol–water partition coefficient (Wildman–Crippen LogP) is 2.61. The summed E-state index contributed by atoms with van der Waals surface area (Å²) in [7, 11) is 0. The predicted molar refractivity (Wildman–Crippen MR) is 72.2 cm³/mol. The number of aryl methyl sites for hydroxylation is 1. The highest BCUT2D eigenvalue weighted by atomic mass is 32.2. The lowest BCUT2D eigenvalue weighted by Crippen LogP contribution is -2.36. The van der Waals surface area contributed by atoms with Crippen LogP contribution >= 0.6 is 11.8 Å². The number of nitrogens with zero attached hydrogens (tertiary/aromatic N) is 1. The van der Waals surface area contributed by atoms with Gasteiger partial charge in [-0.1, -0.05) is 6.92 Å². The number of hydrogen-bond donors (Lipinski definition) is 1. The minimum Gasteiger partial charge on any atom is -0.478 e. The molecule has 2 rings (SSSR count). The molecule has 1 aromatic heterocycles. The Morgan fingerprint density at radius 3 is 3.06 bits per heavy atom. The number of thioether (sulfide) groups is 1. The molecule has 1 saturated heterocycles. The van der Waals surface area contributed by atoms with Crippen molar-refractivity contribution >= 4 is 17.7 Å². The van der Waals surface area contributed by atoms with Crippen molar-refractivity contribution in [3.05, 3.63) is 23.2 Å². The maximum atomic E-state index is 10.9. The van der Waals surface area contributed by atoms with Crippen molar-refractivity contribution in [3.63, 3.8) is 0 Å². The number of furan rings is 1. The average molecular weight is 269 g/mol. The monoisotopic (exact) mass is 269 g/mol. The second-order valence-corrected chi connectivity index (χ2v) is 6.03. The summed E-state index contributed by atoms with van der Waals surface area (Å²) < 4.78 is 5.52. The van der Waals surface area contributed by atoms with Crippen LogP contribution in [0.2, 0.25) is 0 Å². The van der Waals surface area contributed by atoms with E-state index in [4.69, 9.17) is 9.52 Å². The molecular formula is C13H19NO3S. The zero-order chi connectivity index (χ0) is 13.1. The van der Waals surface area contributed by atoms with E-state index in [1.165, 1.54) is 6.42 Å². The quantitative estimate of drug-likeness (QED) is 0.910. The van der Waals surface area contributed by atoms with Crippen LogP contribution < -0.4 is 0 Å². The Balaban J connectivity index is 2.00. The van der Waals surface area contributed by atoms with Gasteiger partial charge < -0.3 is 9.52 Å². The molecule has 0 radical (unpaired) electrons. The van der Waals surface area contributed by atoms with E-state index in [0.717, 1.165) is 24.6 Å². The van der Waals surface area contributed by atoms with Crippen molar-refractivity contribution in [2.75, 3.05) is 18.8 Å². The van der Waals surface area contributed by atoms with Gasteiger partial charge in [0, 0.05) is 24.1 Å². The summed E-state index contributed by atoms with van der Waals surface area (Å²) >= 11 is 2.02. The van der Waals surface area contributed by atoms with E-state index >= 15 is 0 Å². The lowest BCUT2D eigenvalue weighted by Gasteiger charge is -2.31. The van der Waals surface area contributed by atoms with Gasteiger partial charge in [-0.3, -0.25) is 4.90 Å². The lowest BCUT2D eigenvalue weighted by molar-refractivity contribution is 0.0695. The first-order valence-corrected chi connectivity index (χ1v) is 7.31. The number of carboxylic acids is 1. The van der Waals surface area contributed by atoms with Crippen LogP contribution in [0.1, 0.15) is 35.2 Å². The van der Waals surface area contributed by atoms with Crippen LogP contribution in [0.25, 0.3) is 0 Å². The number of carboxylic acid groups (broad SMARTS) is 1. The zero-order valence-corrected chi connectivity index (χ0v) is 11.6. The van der Waals surface area contributed by atoms with E-state index < -0.39 is 5.97 Å². The van der Waals surface area contributed by atoms with E-state index in [-0.39, 0.29) is 5.56 Å². The van der Waals surface area contributed by atoms with Crippen LogP contribution in [0.5, 0.6) is 0 Å². The summed E-state index contributed by atoms with van der Waals surface area (Å²) in [6.45, 7) is 6.73. The highest BCUT2D eigenvalue weighted by Gasteiger charge is 2.21. The third kappa shape index (κ3) is 3.09. The molecule has 1 fully saturated rings. The molecule has 0 aliphatic carbocycles. The van der Waals surface area contributed by atoms with Crippen molar-refractivity contribution in [1.82, 2.24) is 4.90 Å². The molecule has 0 aromatic carbocycles. The van der Waals surface area contributed by atoms with Gasteiger partial charge in [-0.05, 0) is 19.4 Å². The van der Waals surface area contributed by atoms with E-state index in [2.05, 4.69) is 11.8 Å². The molecule has 18 heavy (non-hydrogen) atoms. The Kier molecular flexibility index (Phi) is 4.35. The fraction of sp³-hybridized carbons (Fsp3) is 0.615. The van der Waals surface area contributed by atoms with Gasteiger partial charge in [0.25, 0.3) is 0 Å². The molecule has 1 N–H and O–H groups in total. The molecule has 5 heteroatoms. The number of hydrogen-bond acceptors (Lipinski definition) is 4. The topological polar surface area (TPSA) is 53.7 Å². The fourth-order valence-electron chi connectivity index (χ4n) is 2.23. The summed E-state index contributed by atoms with van der Waals surface area (Å²) in [5.74, 6) is 1.48. The lowest BCUT2D eigenvalue weighted by atomic mass is 10.2. The van der Waals surface area contributed by atoms with Crippen molar-refractivity contribution in [2.45, 2.75) is 32.1 Å². The highest BCUT2D eigenvalue weighted by molar-refractivity contribution is 8.00. The highest BCUT2D eigenvalue weighted by Crippen LogP contribution is 2.23. The molecule has 0 spiro atoms. The SMILES string of the molecule is CCC1CN(Cc2cc(C(=O)O)c(C)o2)CCS1. The second-order valence-electron chi connectivity index (χ2n) is 4.62. The van der Waals surface area contributed by atoms with Crippen LogP contribution in [0.4, 0.5) is 0 Å². The van der Waals surface area contributed by atoms with Gasteiger partial charge >= 0.3 is 5.97 Å². The molecule has 4 nitrogen and oxygen atoms in total. The number of rotatable bonds is 4. The van der Waals surface area contributed by atoms with Crippen molar-refractivity contribution < 1.29 is 14.3 Å². The van der Waals surface area contributed by atoms with Gasteiger partial charge in [0.05, 0.1) is 6.54 Å². The van der Waals surface area contributed by atoms with E-state index in [1.807, 2.05) is 11.8 Å². The standard InChI is InChI=1S/C13H19NO3S/c1-3-11-8-14(4-5-18-11)7-10-6-12(13(15)16)9(2)17-10/h6,11H,3-5,7-8H2,1-2H3,(H,15,16). The molecule has 2 heterocycles. The molecule has 1 unspecified atom stereocenters. The zero-order valence-electron chi connectivity index (χ0n) is 10.8. The van der Waals surface area contributed by atoms with Crippen LogP contribution in [0.15, 0.2) is 10.5 Å². The first kappa shape index (κ1) is 13.5. The molecule has 1 atom stereocenters. The normalized spacial score (nSPS) is 21.1. The van der Waals surface area contributed by atoms with Crippen molar-refractivity contribution in [3.8, 4) is 0 Å². The Bertz CT molecular complexity index is 430. The van der Waals surface area contributed by atoms with E-state index in [9.17, 15) is 4.79 Å². The molecule has 1 aliphatic rings. The maximum Gasteiger partial charge on any atom is 0.339 e. The van der Waals surface area contributed by atoms with Crippen LogP contribution in [0, 0.1) is 6.92 Å². The van der Waals surface area contributed by atoms with Gasteiger partial charge in [0.1, 0.15) is 17.1 Å². The first-order chi connectivity index (χ1) is 8.60. The van der Waals surface area contributed by atoms with Crippen LogP contribution in [-0.4, -0.2) is 40.1 Å². The molecule has 0 bridgehead atoms. The number of aromatic carboxylic acids is 1.